The van der Waals surface area contributed by atoms with Gasteiger partial charge in [0.2, 0.25) is 5.91 Å². The van der Waals surface area contributed by atoms with Crippen LogP contribution in [0.25, 0.3) is 0 Å². The van der Waals surface area contributed by atoms with Gasteiger partial charge in [0.25, 0.3) is 5.91 Å². The van der Waals surface area contributed by atoms with Gasteiger partial charge in [-0.3, -0.25) is 19.3 Å². The standard InChI is InChI=1S/C25H30N6O2/c1-17-10-21(14-26-13-17)28-20-9-5-8-19(12-20)24(32)30-23(11-18-6-3-4-7-18)25(33)29-22-15-27-31(2)16-22/h5,8-10,12-16,18,23,28H,3-4,6-7,11H2,1-2H3,(H,29,33)(H,30,32)/t23-/m0/s1. The van der Waals surface area contributed by atoms with E-state index < -0.39 is 6.04 Å². The van der Waals surface area contributed by atoms with Crippen molar-refractivity contribution >= 4 is 28.9 Å². The molecule has 8 heteroatoms. The smallest absolute Gasteiger partial charge is 0.252 e. The fourth-order valence-electron chi connectivity index (χ4n) is 4.30. The number of amides is 2. The predicted molar refractivity (Wildman–Crippen MR) is 128 cm³/mol. The summed E-state index contributed by atoms with van der Waals surface area (Å²) in [5, 5.41) is 13.2. The highest BCUT2D eigenvalue weighted by atomic mass is 16.2. The molecule has 3 N–H and O–H groups in total. The van der Waals surface area contributed by atoms with Crippen molar-refractivity contribution in [1.29, 1.82) is 0 Å². The number of aryl methyl sites for hydroxylation is 2. The van der Waals surface area contributed by atoms with Gasteiger partial charge in [-0.15, -0.1) is 0 Å². The van der Waals surface area contributed by atoms with E-state index in [1.165, 1.54) is 12.8 Å². The van der Waals surface area contributed by atoms with E-state index in [1.54, 1.807) is 48.6 Å². The van der Waals surface area contributed by atoms with Crippen molar-refractivity contribution in [2.45, 2.75) is 45.1 Å². The van der Waals surface area contributed by atoms with E-state index in [4.69, 9.17) is 0 Å². The number of carbonyl (C=O) groups excluding carboxylic acids is 2. The minimum Gasteiger partial charge on any atom is -0.354 e. The zero-order valence-electron chi connectivity index (χ0n) is 19.0. The molecule has 4 rings (SSSR count). The first-order valence-corrected chi connectivity index (χ1v) is 11.4. The highest BCUT2D eigenvalue weighted by Crippen LogP contribution is 2.29. The SMILES string of the molecule is Cc1cncc(Nc2cccc(C(=O)N[C@@H](CC3CCCC3)C(=O)Nc3cnn(C)c3)c2)c1. The molecule has 0 aliphatic heterocycles. The maximum Gasteiger partial charge on any atom is 0.252 e. The number of hydrogen-bond acceptors (Lipinski definition) is 5. The van der Waals surface area contributed by atoms with Crippen LogP contribution in [0.5, 0.6) is 0 Å². The molecular formula is C25H30N6O2. The average Bonchev–Trinajstić information content (AvgIpc) is 3.45. The van der Waals surface area contributed by atoms with Gasteiger partial charge in [-0.25, -0.2) is 0 Å². The van der Waals surface area contributed by atoms with Crippen LogP contribution in [0.3, 0.4) is 0 Å². The fraction of sp³-hybridized carbons (Fsp3) is 0.360. The summed E-state index contributed by atoms with van der Waals surface area (Å²) in [6.07, 6.45) is 12.0. The molecule has 33 heavy (non-hydrogen) atoms. The minimum absolute atomic E-state index is 0.219. The van der Waals surface area contributed by atoms with E-state index in [1.807, 2.05) is 25.1 Å². The van der Waals surface area contributed by atoms with Crippen LogP contribution in [0.15, 0.2) is 55.1 Å². The lowest BCUT2D eigenvalue weighted by Crippen LogP contribution is -2.44. The molecule has 172 valence electrons. The molecule has 1 fully saturated rings. The maximum atomic E-state index is 13.1. The zero-order chi connectivity index (χ0) is 23.2. The summed E-state index contributed by atoms with van der Waals surface area (Å²) < 4.78 is 1.63. The Labute approximate surface area is 193 Å². The first-order chi connectivity index (χ1) is 16.0. The second-order valence-electron chi connectivity index (χ2n) is 8.76. The fourth-order valence-corrected chi connectivity index (χ4v) is 4.30. The third kappa shape index (κ3) is 6.19. The van der Waals surface area contributed by atoms with Crippen molar-refractivity contribution < 1.29 is 9.59 Å². The number of pyridine rings is 1. The Kier molecular flexibility index (Phi) is 7.02. The Hall–Kier alpha value is -3.68. The Morgan fingerprint density at radius 1 is 1.09 bits per heavy atom. The Balaban J connectivity index is 1.46. The molecule has 1 aliphatic rings. The number of benzene rings is 1. The van der Waals surface area contributed by atoms with Crippen LogP contribution in [0.4, 0.5) is 17.1 Å². The van der Waals surface area contributed by atoms with Crippen molar-refractivity contribution in [3.63, 3.8) is 0 Å². The van der Waals surface area contributed by atoms with Crippen LogP contribution in [-0.4, -0.2) is 32.6 Å². The zero-order valence-corrected chi connectivity index (χ0v) is 19.0. The number of nitrogens with zero attached hydrogens (tertiary/aromatic N) is 3. The molecule has 2 heterocycles. The van der Waals surface area contributed by atoms with Crippen LogP contribution in [0.1, 0.15) is 48.0 Å². The molecule has 0 bridgehead atoms. The van der Waals surface area contributed by atoms with Gasteiger partial charge < -0.3 is 16.0 Å². The molecule has 0 saturated heterocycles. The predicted octanol–water partition coefficient (Wildman–Crippen LogP) is 4.18. The second-order valence-corrected chi connectivity index (χ2v) is 8.76. The van der Waals surface area contributed by atoms with Gasteiger partial charge in [0, 0.05) is 30.7 Å². The van der Waals surface area contributed by atoms with Crippen molar-refractivity contribution in [2.75, 3.05) is 10.6 Å². The van der Waals surface area contributed by atoms with Crippen LogP contribution in [0, 0.1) is 12.8 Å². The van der Waals surface area contributed by atoms with Crippen molar-refractivity contribution in [3.8, 4) is 0 Å². The molecule has 1 saturated carbocycles. The molecule has 0 radical (unpaired) electrons. The van der Waals surface area contributed by atoms with Crippen molar-refractivity contribution in [3.05, 3.63) is 66.2 Å². The largest absolute Gasteiger partial charge is 0.354 e. The quantitative estimate of drug-likeness (QED) is 0.482. The average molecular weight is 447 g/mol. The van der Waals surface area contributed by atoms with Crippen LogP contribution in [0.2, 0.25) is 0 Å². The Bertz CT molecular complexity index is 1120. The second kappa shape index (κ2) is 10.3. The third-order valence-corrected chi connectivity index (χ3v) is 5.93. The summed E-state index contributed by atoms with van der Waals surface area (Å²) in [5.41, 5.74) is 3.78. The molecule has 2 amide bonds. The van der Waals surface area contributed by atoms with Gasteiger partial charge in [0.15, 0.2) is 0 Å². The Morgan fingerprint density at radius 3 is 2.64 bits per heavy atom. The molecule has 8 nitrogen and oxygen atoms in total. The van der Waals surface area contributed by atoms with Crippen molar-refractivity contribution in [2.24, 2.45) is 13.0 Å². The van der Waals surface area contributed by atoms with Crippen LogP contribution >= 0.6 is 0 Å². The lowest BCUT2D eigenvalue weighted by molar-refractivity contribution is -0.118. The van der Waals surface area contributed by atoms with E-state index in [0.29, 0.717) is 23.6 Å². The highest BCUT2D eigenvalue weighted by Gasteiger charge is 2.27. The van der Waals surface area contributed by atoms with Crippen molar-refractivity contribution in [1.82, 2.24) is 20.1 Å². The minimum atomic E-state index is -0.613. The summed E-state index contributed by atoms with van der Waals surface area (Å²) >= 11 is 0. The molecule has 3 aromatic rings. The van der Waals surface area contributed by atoms with Gasteiger partial charge in [-0.2, -0.15) is 5.10 Å². The van der Waals surface area contributed by atoms with Gasteiger partial charge in [-0.05, 0) is 49.1 Å². The molecule has 0 unspecified atom stereocenters. The summed E-state index contributed by atoms with van der Waals surface area (Å²) in [6.45, 7) is 1.98. The topological polar surface area (TPSA) is 101 Å². The Morgan fingerprint density at radius 2 is 1.91 bits per heavy atom. The number of hydrogen-bond donors (Lipinski definition) is 3. The van der Waals surface area contributed by atoms with E-state index in [9.17, 15) is 9.59 Å². The van der Waals surface area contributed by atoms with E-state index >= 15 is 0 Å². The number of anilines is 3. The number of aromatic nitrogens is 3. The van der Waals surface area contributed by atoms with E-state index in [-0.39, 0.29) is 11.8 Å². The maximum absolute atomic E-state index is 13.1. The molecule has 1 aliphatic carbocycles. The summed E-state index contributed by atoms with van der Waals surface area (Å²) in [7, 11) is 1.79. The molecule has 0 spiro atoms. The monoisotopic (exact) mass is 446 g/mol. The van der Waals surface area contributed by atoms with E-state index in [2.05, 4.69) is 26.0 Å². The summed E-state index contributed by atoms with van der Waals surface area (Å²) in [6, 6.07) is 8.62. The van der Waals surface area contributed by atoms with Gasteiger partial charge >= 0.3 is 0 Å². The lowest BCUT2D eigenvalue weighted by atomic mass is 9.97. The summed E-state index contributed by atoms with van der Waals surface area (Å²) in [4.78, 5) is 30.3. The van der Waals surface area contributed by atoms with Gasteiger partial charge in [0.1, 0.15) is 6.04 Å². The van der Waals surface area contributed by atoms with E-state index in [0.717, 1.165) is 29.8 Å². The first-order valence-electron chi connectivity index (χ1n) is 11.4. The first kappa shape index (κ1) is 22.5. The van der Waals surface area contributed by atoms with Crippen LogP contribution in [-0.2, 0) is 11.8 Å². The number of nitrogens with one attached hydrogen (secondary N) is 3. The van der Waals surface area contributed by atoms with Crippen LogP contribution < -0.4 is 16.0 Å². The number of rotatable bonds is 8. The molecule has 2 aromatic heterocycles. The molecular weight excluding hydrogens is 416 g/mol. The van der Waals surface area contributed by atoms with Gasteiger partial charge in [0.05, 0.1) is 23.8 Å². The molecule has 1 atom stereocenters. The third-order valence-electron chi connectivity index (χ3n) is 5.93. The normalized spacial score (nSPS) is 14.6. The highest BCUT2D eigenvalue weighted by molar-refractivity contribution is 6.01. The molecule has 1 aromatic carbocycles. The lowest BCUT2D eigenvalue weighted by Gasteiger charge is -2.21. The number of carbonyl (C=O) groups is 2. The summed E-state index contributed by atoms with van der Waals surface area (Å²) in [5.74, 6) is -0.0505. The van der Waals surface area contributed by atoms with Gasteiger partial charge in [-0.1, -0.05) is 31.7 Å².